The summed E-state index contributed by atoms with van der Waals surface area (Å²) in [5.41, 5.74) is 9.70. The van der Waals surface area contributed by atoms with Gasteiger partial charge in [-0.05, 0) is 54.7 Å². The van der Waals surface area contributed by atoms with E-state index in [1.165, 1.54) is 0 Å². The minimum absolute atomic E-state index is 0.00693. The van der Waals surface area contributed by atoms with Crippen LogP contribution in [0.25, 0.3) is 0 Å². The minimum Gasteiger partial charge on any atom is -0.508 e. The second-order valence-corrected chi connectivity index (χ2v) is 14.9. The fraction of sp³-hybridized carbons (Fsp3) is 0.512. The van der Waals surface area contributed by atoms with Gasteiger partial charge in [-0.2, -0.15) is 4.89 Å². The molecule has 58 heavy (non-hydrogen) atoms. The molecule has 1 saturated heterocycles. The number of ether oxygens (including phenoxy) is 8. The average molecular weight is 812 g/mol. The van der Waals surface area contributed by atoms with Crippen LogP contribution in [0.2, 0.25) is 0 Å². The van der Waals surface area contributed by atoms with Crippen LogP contribution in [0.4, 0.5) is 0 Å². The van der Waals surface area contributed by atoms with Crippen molar-refractivity contribution >= 4 is 11.9 Å². The van der Waals surface area contributed by atoms with E-state index in [2.05, 4.69) is 13.8 Å². The lowest BCUT2D eigenvalue weighted by atomic mass is 9.86. The summed E-state index contributed by atoms with van der Waals surface area (Å²) in [4.78, 5) is 35.3. The Labute approximate surface area is 334 Å². The van der Waals surface area contributed by atoms with Gasteiger partial charge in [-0.15, -0.1) is 0 Å². The van der Waals surface area contributed by atoms with Crippen molar-refractivity contribution in [2.24, 2.45) is 11.7 Å². The second kappa shape index (κ2) is 18.4. The van der Waals surface area contributed by atoms with Crippen molar-refractivity contribution in [2.45, 2.75) is 82.3 Å². The number of phenolic OH excluding ortho intramolecular Hbond substituents is 1. The minimum atomic E-state index is -1.52. The van der Waals surface area contributed by atoms with Crippen LogP contribution in [-0.4, -0.2) is 109 Å². The molecule has 3 aromatic carbocycles. The third kappa shape index (κ3) is 9.05. The van der Waals surface area contributed by atoms with E-state index in [0.29, 0.717) is 47.3 Å². The van der Waals surface area contributed by atoms with Crippen LogP contribution < -0.4 is 29.6 Å². The van der Waals surface area contributed by atoms with Crippen LogP contribution in [0.3, 0.4) is 0 Å². The van der Waals surface area contributed by atoms with Crippen molar-refractivity contribution in [2.75, 3.05) is 46.4 Å². The van der Waals surface area contributed by atoms with E-state index in [4.69, 9.17) is 58.5 Å². The number of rotatable bonds is 18. The summed E-state index contributed by atoms with van der Waals surface area (Å²) in [5.74, 6) is 0.729. The number of esters is 1. The van der Waals surface area contributed by atoms with Gasteiger partial charge in [0.15, 0.2) is 29.6 Å². The van der Waals surface area contributed by atoms with E-state index in [-0.39, 0.29) is 63.4 Å². The number of carbonyl (C=O) groups excluding carboxylic acids is 1. The molecule has 6 N–H and O–H groups in total. The third-order valence-corrected chi connectivity index (χ3v) is 10.2. The Morgan fingerprint density at radius 1 is 0.983 bits per heavy atom. The first-order valence-electron chi connectivity index (χ1n) is 19.3. The molecule has 0 aliphatic carbocycles. The smallest absolute Gasteiger partial charge is 0.317 e. The summed E-state index contributed by atoms with van der Waals surface area (Å²) in [5, 5.41) is 40.4. The topological polar surface area (TPSA) is 233 Å². The number of aromatic hydroxyl groups is 1. The van der Waals surface area contributed by atoms with Gasteiger partial charge < -0.3 is 68.9 Å². The first kappa shape index (κ1) is 41.3. The lowest BCUT2D eigenvalue weighted by Gasteiger charge is -2.42. The molecule has 17 nitrogen and oxygen atoms in total. The summed E-state index contributed by atoms with van der Waals surface area (Å²) in [7, 11) is 0. The molecule has 4 aliphatic rings. The molecule has 4 aliphatic heterocycles. The van der Waals surface area contributed by atoms with Gasteiger partial charge in [0.2, 0.25) is 6.79 Å². The predicted molar refractivity (Wildman–Crippen MR) is 200 cm³/mol. The summed E-state index contributed by atoms with van der Waals surface area (Å²) in [6, 6.07) is 12.3. The number of aliphatic hydroxyl groups is 2. The van der Waals surface area contributed by atoms with Crippen LogP contribution >= 0.6 is 0 Å². The van der Waals surface area contributed by atoms with Crippen LogP contribution in [0.1, 0.15) is 66.5 Å². The number of nitrogens with two attached hydrogens (primary N) is 1. The van der Waals surface area contributed by atoms with Crippen LogP contribution in [0.15, 0.2) is 42.5 Å². The van der Waals surface area contributed by atoms with Gasteiger partial charge in [-0.1, -0.05) is 26.0 Å². The number of carboxylic acids is 1. The molecule has 0 amide bonds. The quantitative estimate of drug-likeness (QED) is 0.0408. The van der Waals surface area contributed by atoms with E-state index in [1.807, 2.05) is 18.2 Å². The zero-order valence-electron chi connectivity index (χ0n) is 32.2. The van der Waals surface area contributed by atoms with E-state index in [1.54, 1.807) is 24.3 Å². The molecule has 1 fully saturated rings. The fourth-order valence-corrected chi connectivity index (χ4v) is 7.60. The molecular weight excluding hydrogens is 762 g/mol. The van der Waals surface area contributed by atoms with E-state index in [0.717, 1.165) is 22.4 Å². The Morgan fingerprint density at radius 2 is 1.83 bits per heavy atom. The fourth-order valence-electron chi connectivity index (χ4n) is 7.60. The monoisotopic (exact) mass is 811 g/mol. The van der Waals surface area contributed by atoms with Gasteiger partial charge >= 0.3 is 11.9 Å². The molecule has 17 heteroatoms. The summed E-state index contributed by atoms with van der Waals surface area (Å²) in [6.45, 7) is 4.11. The SMILES string of the molecule is CC(C)Cc1c2c(cc3c1O[C@@H]1c4cc(OO[C@H]5[C@H](OCCN)O[C@H](COC(=O)CC(=O)O)[C@@H](OCCCO)[C@@H]5O)c(Cc5cccc(O)c5)cc4OC[C@H]31)OCO2. The van der Waals surface area contributed by atoms with Gasteiger partial charge in [-0.25, -0.2) is 0 Å². The Morgan fingerprint density at radius 3 is 2.59 bits per heavy atom. The molecule has 0 aromatic heterocycles. The number of carbonyl (C=O) groups is 2. The molecule has 4 heterocycles. The van der Waals surface area contributed by atoms with Crippen LogP contribution in [0, 0.1) is 5.92 Å². The maximum Gasteiger partial charge on any atom is 0.317 e. The highest BCUT2D eigenvalue weighted by molar-refractivity contribution is 5.90. The zero-order chi connectivity index (χ0) is 40.9. The summed E-state index contributed by atoms with van der Waals surface area (Å²) in [6.07, 6.45) is -6.66. The average Bonchev–Trinajstić information content (AvgIpc) is 3.81. The van der Waals surface area contributed by atoms with Crippen LogP contribution in [-0.2, 0) is 46.3 Å². The molecular formula is C41H49NO16. The first-order valence-corrected chi connectivity index (χ1v) is 19.3. The lowest BCUT2D eigenvalue weighted by Crippen LogP contribution is -2.61. The standard InChI is InChI=1S/C41H49NO16/c1-21(2)11-27-36-25(15-31-38(27)54-20-53-31)28-18-51-30-14-23(12-22-5-3-6-24(44)13-22)29(16-26(30)37(28)56-36)57-58-40-35(48)39(49-9-4-8-43)32(55-41(40)50-10-7-42)19-52-34(47)17-33(45)46/h3,5-6,13-16,21,28,32,35,37,39-41,43-44,48H,4,7-12,17-20,42H2,1-2H3,(H,45,46)/t28-,32-,35+,37-,39-,40-,41-/m1/s1. The zero-order valence-corrected chi connectivity index (χ0v) is 32.2. The molecule has 7 rings (SSSR count). The first-order chi connectivity index (χ1) is 28.0. The Hall–Kier alpha value is -4.88. The molecule has 314 valence electrons. The normalized spacial score (nSPS) is 24.0. The van der Waals surface area contributed by atoms with E-state index >= 15 is 0 Å². The van der Waals surface area contributed by atoms with Crippen molar-refractivity contribution in [1.82, 2.24) is 0 Å². The highest BCUT2D eigenvalue weighted by Gasteiger charge is 2.50. The molecule has 0 saturated carbocycles. The van der Waals surface area contributed by atoms with Gasteiger partial charge in [-0.3, -0.25) is 9.59 Å². The van der Waals surface area contributed by atoms with Crippen molar-refractivity contribution in [3.63, 3.8) is 0 Å². The van der Waals surface area contributed by atoms with Gasteiger partial charge in [0, 0.05) is 48.4 Å². The van der Waals surface area contributed by atoms with Crippen molar-refractivity contribution in [3.8, 4) is 34.5 Å². The third-order valence-electron chi connectivity index (χ3n) is 10.2. The summed E-state index contributed by atoms with van der Waals surface area (Å²) >= 11 is 0. The number of carboxylic acid groups (broad SMARTS) is 1. The number of hydrogen-bond donors (Lipinski definition) is 5. The lowest BCUT2D eigenvalue weighted by molar-refractivity contribution is -0.375. The maximum atomic E-state index is 12.1. The highest BCUT2D eigenvalue weighted by atomic mass is 17.2. The number of aliphatic carboxylic acids is 1. The van der Waals surface area contributed by atoms with Gasteiger partial charge in [0.05, 0.1) is 19.1 Å². The van der Waals surface area contributed by atoms with E-state index in [9.17, 15) is 24.9 Å². The maximum absolute atomic E-state index is 12.1. The molecule has 0 spiro atoms. The van der Waals surface area contributed by atoms with Gasteiger partial charge in [0.1, 0.15) is 54.7 Å². The van der Waals surface area contributed by atoms with E-state index < -0.39 is 61.8 Å². The second-order valence-electron chi connectivity index (χ2n) is 14.9. The highest BCUT2D eigenvalue weighted by Crippen LogP contribution is 2.57. The molecule has 7 atom stereocenters. The van der Waals surface area contributed by atoms with Crippen LogP contribution in [0.5, 0.6) is 34.5 Å². The molecule has 3 aromatic rings. The Balaban J connectivity index is 1.20. The number of aliphatic hydroxyl groups excluding tert-OH is 2. The molecule has 0 unspecified atom stereocenters. The molecule has 0 bridgehead atoms. The van der Waals surface area contributed by atoms with Crippen molar-refractivity contribution < 1.29 is 77.7 Å². The number of benzene rings is 3. The number of phenols is 1. The predicted octanol–water partition coefficient (Wildman–Crippen LogP) is 3.05. The van der Waals surface area contributed by atoms with Crippen molar-refractivity contribution in [3.05, 3.63) is 70.3 Å². The number of fused-ring (bicyclic) bond motifs is 6. The van der Waals surface area contributed by atoms with Crippen molar-refractivity contribution in [1.29, 1.82) is 0 Å². The molecule has 0 radical (unpaired) electrons. The van der Waals surface area contributed by atoms with Gasteiger partial charge in [0.25, 0.3) is 0 Å². The Kier molecular flexibility index (Phi) is 13.1. The summed E-state index contributed by atoms with van der Waals surface area (Å²) < 4.78 is 47.9. The Bertz CT molecular complexity index is 1940. The number of hydrogen-bond acceptors (Lipinski definition) is 16. The largest absolute Gasteiger partial charge is 0.508 e.